The molecule has 1 aliphatic heterocycles. The first kappa shape index (κ1) is 10.2. The highest BCUT2D eigenvalue weighted by molar-refractivity contribution is 6.06. The molecule has 1 aromatic rings. The van der Waals surface area contributed by atoms with E-state index in [0.717, 1.165) is 0 Å². The SMILES string of the molecule is C[C@@]1(c2ccc(C#N)cc2)NC(=O)[N]C1=O. The standard InChI is InChI=1S/C11H8N3O2/c1-11(9(15)13-10(16)14-11)8-4-2-7(6-12)3-5-8/h2-5H,1H3,(H,14,16)/t11-/m0/s1. The van der Waals surface area contributed by atoms with Crippen molar-refractivity contribution >= 4 is 11.9 Å². The number of benzene rings is 1. The van der Waals surface area contributed by atoms with Gasteiger partial charge in [-0.15, -0.1) is 0 Å². The second-order valence-corrected chi connectivity index (χ2v) is 3.66. The molecule has 0 bridgehead atoms. The summed E-state index contributed by atoms with van der Waals surface area (Å²) in [6.45, 7) is 1.59. The third kappa shape index (κ3) is 1.41. The number of nitrogens with zero attached hydrogens (tertiary/aromatic N) is 2. The van der Waals surface area contributed by atoms with E-state index in [9.17, 15) is 9.59 Å². The lowest BCUT2D eigenvalue weighted by atomic mass is 9.92. The summed E-state index contributed by atoms with van der Waals surface area (Å²) >= 11 is 0. The number of hydrogen-bond acceptors (Lipinski definition) is 3. The van der Waals surface area contributed by atoms with Gasteiger partial charge in [0.1, 0.15) is 5.54 Å². The smallest absolute Gasteiger partial charge is 0.318 e. The molecule has 5 nitrogen and oxygen atoms in total. The number of carbonyl (C=O) groups excluding carboxylic acids is 2. The Labute approximate surface area is 92.1 Å². The Morgan fingerprint density at radius 2 is 1.94 bits per heavy atom. The van der Waals surface area contributed by atoms with E-state index in [2.05, 4.69) is 10.6 Å². The maximum Gasteiger partial charge on any atom is 0.345 e. The first-order chi connectivity index (χ1) is 7.56. The minimum atomic E-state index is -1.11. The summed E-state index contributed by atoms with van der Waals surface area (Å²) in [4.78, 5) is 22.6. The zero-order chi connectivity index (χ0) is 11.8. The van der Waals surface area contributed by atoms with Crippen LogP contribution in [-0.2, 0) is 10.3 Å². The van der Waals surface area contributed by atoms with Crippen molar-refractivity contribution in [3.05, 3.63) is 35.4 Å². The average molecular weight is 214 g/mol. The van der Waals surface area contributed by atoms with Gasteiger partial charge in [0.25, 0.3) is 5.91 Å². The molecule has 1 heterocycles. The molecule has 0 spiro atoms. The Morgan fingerprint density at radius 1 is 1.31 bits per heavy atom. The van der Waals surface area contributed by atoms with Crippen LogP contribution in [0.15, 0.2) is 24.3 Å². The maximum absolute atomic E-state index is 11.5. The van der Waals surface area contributed by atoms with E-state index in [4.69, 9.17) is 5.26 Å². The molecule has 1 atom stereocenters. The molecule has 3 amide bonds. The van der Waals surface area contributed by atoms with Crippen LogP contribution in [-0.4, -0.2) is 11.9 Å². The van der Waals surface area contributed by atoms with Gasteiger partial charge in [0.2, 0.25) is 0 Å². The zero-order valence-corrected chi connectivity index (χ0v) is 8.52. The topological polar surface area (TPSA) is 84.1 Å². The van der Waals surface area contributed by atoms with Gasteiger partial charge in [-0.1, -0.05) is 12.1 Å². The molecular weight excluding hydrogens is 206 g/mol. The Morgan fingerprint density at radius 3 is 2.38 bits per heavy atom. The van der Waals surface area contributed by atoms with Gasteiger partial charge in [-0.2, -0.15) is 10.6 Å². The highest BCUT2D eigenvalue weighted by Crippen LogP contribution is 2.24. The largest absolute Gasteiger partial charge is 0.345 e. The van der Waals surface area contributed by atoms with Crippen molar-refractivity contribution in [1.82, 2.24) is 10.6 Å². The van der Waals surface area contributed by atoms with Gasteiger partial charge in [-0.05, 0) is 24.6 Å². The second-order valence-electron chi connectivity index (χ2n) is 3.66. The summed E-state index contributed by atoms with van der Waals surface area (Å²) in [5.74, 6) is -0.512. The molecule has 0 aromatic heterocycles. The van der Waals surface area contributed by atoms with E-state index >= 15 is 0 Å². The minimum absolute atomic E-state index is 0.501. The number of carbonyl (C=O) groups is 2. The van der Waals surface area contributed by atoms with Crippen molar-refractivity contribution in [1.29, 1.82) is 5.26 Å². The van der Waals surface area contributed by atoms with Crippen molar-refractivity contribution in [2.24, 2.45) is 0 Å². The van der Waals surface area contributed by atoms with Crippen LogP contribution in [0.2, 0.25) is 0 Å². The number of nitrogens with one attached hydrogen (secondary N) is 1. The van der Waals surface area contributed by atoms with E-state index in [1.54, 1.807) is 31.2 Å². The van der Waals surface area contributed by atoms with Gasteiger partial charge < -0.3 is 5.32 Å². The van der Waals surface area contributed by atoms with Gasteiger partial charge in [0.05, 0.1) is 11.6 Å². The van der Waals surface area contributed by atoms with Crippen LogP contribution in [0, 0.1) is 11.3 Å². The number of urea groups is 1. The van der Waals surface area contributed by atoms with Crippen molar-refractivity contribution in [2.75, 3.05) is 0 Å². The van der Waals surface area contributed by atoms with Crippen LogP contribution in [0.4, 0.5) is 4.79 Å². The van der Waals surface area contributed by atoms with Crippen LogP contribution in [0.5, 0.6) is 0 Å². The molecule has 0 saturated carbocycles. The fourth-order valence-corrected chi connectivity index (χ4v) is 1.57. The molecule has 1 aliphatic rings. The number of hydrogen-bond donors (Lipinski definition) is 1. The van der Waals surface area contributed by atoms with Gasteiger partial charge >= 0.3 is 6.03 Å². The van der Waals surface area contributed by atoms with Crippen LogP contribution in [0.25, 0.3) is 0 Å². The molecule has 1 aromatic carbocycles. The van der Waals surface area contributed by atoms with E-state index in [1.807, 2.05) is 6.07 Å². The Kier molecular flexibility index (Phi) is 2.13. The quantitative estimate of drug-likeness (QED) is 0.696. The lowest BCUT2D eigenvalue weighted by molar-refractivity contribution is -0.123. The molecule has 0 unspecified atom stereocenters. The molecule has 1 fully saturated rings. The summed E-state index contributed by atoms with van der Waals surface area (Å²) in [7, 11) is 0. The highest BCUT2D eigenvalue weighted by atomic mass is 16.2. The fourth-order valence-electron chi connectivity index (χ4n) is 1.57. The first-order valence-corrected chi connectivity index (χ1v) is 4.65. The second kappa shape index (κ2) is 3.35. The Balaban J connectivity index is 2.40. The van der Waals surface area contributed by atoms with Crippen LogP contribution in [0.3, 0.4) is 0 Å². The third-order valence-electron chi connectivity index (χ3n) is 2.58. The normalized spacial score (nSPS) is 23.5. The molecule has 1 N–H and O–H groups in total. The maximum atomic E-state index is 11.5. The molecule has 79 valence electrons. The summed E-state index contributed by atoms with van der Waals surface area (Å²) in [6, 6.07) is 7.82. The van der Waals surface area contributed by atoms with Gasteiger partial charge in [-0.25, -0.2) is 4.79 Å². The van der Waals surface area contributed by atoms with Crippen LogP contribution < -0.4 is 10.6 Å². The predicted octanol–water partition coefficient (Wildman–Crippen LogP) is 0.628. The molecule has 2 rings (SSSR count). The first-order valence-electron chi connectivity index (χ1n) is 4.65. The molecular formula is C11H8N3O2. The Hall–Kier alpha value is -2.35. The summed E-state index contributed by atoms with van der Waals surface area (Å²) in [6.07, 6.45) is 0. The highest BCUT2D eigenvalue weighted by Gasteiger charge is 2.44. The third-order valence-corrected chi connectivity index (χ3v) is 2.58. The van der Waals surface area contributed by atoms with E-state index in [1.165, 1.54) is 0 Å². The van der Waals surface area contributed by atoms with E-state index in [-0.39, 0.29) is 0 Å². The minimum Gasteiger partial charge on any atom is -0.318 e. The number of nitriles is 1. The van der Waals surface area contributed by atoms with Crippen LogP contribution in [0.1, 0.15) is 18.1 Å². The Bertz CT molecular complexity index is 501. The van der Waals surface area contributed by atoms with Crippen molar-refractivity contribution in [3.8, 4) is 6.07 Å². The lowest BCUT2D eigenvalue weighted by Crippen LogP contribution is -2.40. The van der Waals surface area contributed by atoms with E-state index < -0.39 is 17.5 Å². The van der Waals surface area contributed by atoms with Crippen LogP contribution >= 0.6 is 0 Å². The number of amides is 3. The fraction of sp³-hybridized carbons (Fsp3) is 0.182. The van der Waals surface area contributed by atoms with E-state index in [0.29, 0.717) is 11.1 Å². The van der Waals surface area contributed by atoms with Gasteiger partial charge in [0.15, 0.2) is 0 Å². The number of rotatable bonds is 1. The summed E-state index contributed by atoms with van der Waals surface area (Å²) in [5.41, 5.74) is 0.0117. The summed E-state index contributed by atoms with van der Waals surface area (Å²) in [5, 5.41) is 14.4. The van der Waals surface area contributed by atoms with Crippen molar-refractivity contribution in [2.45, 2.75) is 12.5 Å². The molecule has 1 saturated heterocycles. The van der Waals surface area contributed by atoms with Gasteiger partial charge in [0, 0.05) is 0 Å². The molecule has 0 aliphatic carbocycles. The van der Waals surface area contributed by atoms with Crippen molar-refractivity contribution < 1.29 is 9.59 Å². The van der Waals surface area contributed by atoms with Gasteiger partial charge in [-0.3, -0.25) is 4.79 Å². The average Bonchev–Trinajstić information content (AvgIpc) is 2.54. The molecule has 16 heavy (non-hydrogen) atoms. The monoisotopic (exact) mass is 214 g/mol. The lowest BCUT2D eigenvalue weighted by Gasteiger charge is -2.20. The molecule has 1 radical (unpaired) electrons. The van der Waals surface area contributed by atoms with Crippen molar-refractivity contribution in [3.63, 3.8) is 0 Å². The molecule has 5 heteroatoms. The summed E-state index contributed by atoms with van der Waals surface area (Å²) < 4.78 is 0. The number of imide groups is 1. The zero-order valence-electron chi connectivity index (χ0n) is 8.52. The predicted molar refractivity (Wildman–Crippen MR) is 54.2 cm³/mol.